The van der Waals surface area contributed by atoms with E-state index in [2.05, 4.69) is 37.4 Å². The number of benzene rings is 2. The maximum absolute atomic E-state index is 14.0. The summed E-state index contributed by atoms with van der Waals surface area (Å²) in [6.07, 6.45) is 4.98. The van der Waals surface area contributed by atoms with Crippen LogP contribution in [0.3, 0.4) is 0 Å². The number of hydrogen-bond acceptors (Lipinski definition) is 5. The third-order valence-corrected chi connectivity index (χ3v) is 9.54. The number of aliphatic carboxylic acids is 1. The van der Waals surface area contributed by atoms with Crippen molar-refractivity contribution in [1.29, 1.82) is 0 Å². The summed E-state index contributed by atoms with van der Waals surface area (Å²) in [5.41, 5.74) is 3.23. The summed E-state index contributed by atoms with van der Waals surface area (Å²) in [4.78, 5) is 28.6. The molecule has 0 bridgehead atoms. The minimum absolute atomic E-state index is 0.288. The van der Waals surface area contributed by atoms with Crippen LogP contribution in [0.1, 0.15) is 81.5 Å². The van der Waals surface area contributed by atoms with Crippen LogP contribution in [0, 0.1) is 26.2 Å². The van der Waals surface area contributed by atoms with Crippen LogP contribution in [0.5, 0.6) is 0 Å². The van der Waals surface area contributed by atoms with Crippen molar-refractivity contribution in [1.82, 2.24) is 4.90 Å². The van der Waals surface area contributed by atoms with E-state index in [1.54, 1.807) is 11.9 Å². The molecule has 0 aliphatic carbocycles. The lowest BCUT2D eigenvalue weighted by Gasteiger charge is -2.46. The number of anilines is 1. The van der Waals surface area contributed by atoms with E-state index in [0.29, 0.717) is 6.54 Å². The molecule has 251 valence electrons. The number of hydrogen-bond donors (Lipinski definition) is 2. The van der Waals surface area contributed by atoms with Crippen molar-refractivity contribution in [2.45, 2.75) is 111 Å². The molecular formula is C36H56ClN2O5Si. The highest BCUT2D eigenvalue weighted by molar-refractivity contribution is 6.48. The Morgan fingerprint density at radius 3 is 2.20 bits per heavy atom. The van der Waals surface area contributed by atoms with Crippen molar-refractivity contribution < 1.29 is 23.9 Å². The molecule has 0 fully saturated rings. The van der Waals surface area contributed by atoms with Gasteiger partial charge in [0.15, 0.2) is 11.7 Å². The molecule has 2 aromatic carbocycles. The Kier molecular flexibility index (Phi) is 15.6. The SMILES string of the molecule is Cc1ccc(CCCCCO[C@@H](C(=O)N(C)CCCCCNc2ccc(C)c(Cl)c2)[C@@](O[Si](C)C)(C(=O)O)C(C)(C)C)cc1C. The van der Waals surface area contributed by atoms with Gasteiger partial charge in [0.1, 0.15) is 0 Å². The van der Waals surface area contributed by atoms with Crippen LogP contribution >= 0.6 is 11.6 Å². The lowest BCUT2D eigenvalue weighted by Crippen LogP contribution is -2.66. The maximum atomic E-state index is 14.0. The molecule has 2 rings (SSSR count). The number of unbranched alkanes of at least 4 members (excludes halogenated alkanes) is 4. The molecule has 0 aliphatic heterocycles. The number of likely N-dealkylation sites (N-methyl/N-ethyl adjacent to an activating group) is 1. The summed E-state index contributed by atoms with van der Waals surface area (Å²) in [5, 5.41) is 14.8. The summed E-state index contributed by atoms with van der Waals surface area (Å²) in [5.74, 6) is -1.51. The van der Waals surface area contributed by atoms with Gasteiger partial charge in [-0.25, -0.2) is 4.79 Å². The van der Waals surface area contributed by atoms with Gasteiger partial charge < -0.3 is 24.5 Å². The average molecular weight is 660 g/mol. The second-order valence-corrected chi connectivity index (χ2v) is 15.9. The Bertz CT molecular complexity index is 1250. The largest absolute Gasteiger partial charge is 0.479 e. The van der Waals surface area contributed by atoms with Gasteiger partial charge in [-0.3, -0.25) is 4.79 Å². The predicted molar refractivity (Wildman–Crippen MR) is 188 cm³/mol. The molecular weight excluding hydrogens is 604 g/mol. The fraction of sp³-hybridized carbons (Fsp3) is 0.611. The number of ether oxygens (including phenoxy) is 1. The van der Waals surface area contributed by atoms with E-state index in [9.17, 15) is 14.7 Å². The predicted octanol–water partition coefficient (Wildman–Crippen LogP) is 8.24. The number of carbonyl (C=O) groups is 2. The monoisotopic (exact) mass is 659 g/mol. The third kappa shape index (κ3) is 11.4. The van der Waals surface area contributed by atoms with Crippen LogP contribution in [-0.4, -0.2) is 69.4 Å². The van der Waals surface area contributed by atoms with E-state index < -0.39 is 32.1 Å². The summed E-state index contributed by atoms with van der Waals surface area (Å²) < 4.78 is 12.6. The molecule has 0 saturated heterocycles. The fourth-order valence-corrected chi connectivity index (χ4v) is 6.75. The topological polar surface area (TPSA) is 88.1 Å². The van der Waals surface area contributed by atoms with E-state index >= 15 is 0 Å². The summed E-state index contributed by atoms with van der Waals surface area (Å²) in [6.45, 7) is 17.0. The number of amides is 1. The van der Waals surface area contributed by atoms with Gasteiger partial charge in [0, 0.05) is 42.9 Å². The molecule has 0 aliphatic rings. The van der Waals surface area contributed by atoms with Gasteiger partial charge in [0.2, 0.25) is 9.04 Å². The maximum Gasteiger partial charge on any atom is 0.338 e. The fourth-order valence-electron chi connectivity index (χ4n) is 5.43. The van der Waals surface area contributed by atoms with E-state index in [1.807, 2.05) is 59.0 Å². The summed E-state index contributed by atoms with van der Waals surface area (Å²) in [7, 11) is 0.233. The number of nitrogens with one attached hydrogen (secondary N) is 1. The van der Waals surface area contributed by atoms with Gasteiger partial charge in [0.25, 0.3) is 5.91 Å². The molecule has 2 N–H and O–H groups in total. The van der Waals surface area contributed by atoms with E-state index in [4.69, 9.17) is 20.8 Å². The van der Waals surface area contributed by atoms with Crippen LogP contribution in [0.4, 0.5) is 5.69 Å². The minimum atomic E-state index is -1.81. The molecule has 0 unspecified atom stereocenters. The molecule has 1 amide bonds. The Labute approximate surface area is 278 Å². The lowest BCUT2D eigenvalue weighted by atomic mass is 9.72. The van der Waals surface area contributed by atoms with Gasteiger partial charge in [-0.1, -0.05) is 63.1 Å². The van der Waals surface area contributed by atoms with Crippen molar-refractivity contribution in [3.8, 4) is 0 Å². The zero-order chi connectivity index (χ0) is 33.8. The second-order valence-electron chi connectivity index (χ2n) is 13.5. The van der Waals surface area contributed by atoms with Gasteiger partial charge in [0.05, 0.1) is 0 Å². The molecule has 0 aromatic heterocycles. The Morgan fingerprint density at radius 1 is 0.933 bits per heavy atom. The highest BCUT2D eigenvalue weighted by atomic mass is 35.5. The Hall–Kier alpha value is -2.39. The Balaban J connectivity index is 2.02. The zero-order valence-electron chi connectivity index (χ0n) is 29.0. The van der Waals surface area contributed by atoms with Crippen LogP contribution in [0.2, 0.25) is 18.1 Å². The molecule has 0 heterocycles. The normalized spacial score (nSPS) is 13.8. The van der Waals surface area contributed by atoms with E-state index in [1.165, 1.54) is 16.7 Å². The number of aryl methyl sites for hydroxylation is 4. The highest BCUT2D eigenvalue weighted by Gasteiger charge is 2.60. The first kappa shape index (κ1) is 38.8. The van der Waals surface area contributed by atoms with Crippen LogP contribution < -0.4 is 5.32 Å². The van der Waals surface area contributed by atoms with Crippen molar-refractivity contribution in [2.24, 2.45) is 5.41 Å². The minimum Gasteiger partial charge on any atom is -0.479 e. The number of nitrogens with zero attached hydrogens (tertiary/aromatic N) is 1. The standard InChI is InChI=1S/C36H56ClN2O5Si/c1-26-17-19-29(24-28(26)3)16-12-10-15-23-43-32(36(34(41)42,35(4,5)6)44-45(8)9)33(40)39(7)22-14-11-13-21-38-30-20-18-27(2)31(37)25-30/h17-20,24-25,32,38H,10-16,21-23H2,1-9H3,(H,41,42)/t32-,36+/m0/s1. The first-order valence-corrected chi connectivity index (χ1v) is 19.0. The molecule has 2 aromatic rings. The number of carboxylic acid groups (broad SMARTS) is 1. The van der Waals surface area contributed by atoms with E-state index in [0.717, 1.165) is 67.8 Å². The summed E-state index contributed by atoms with van der Waals surface area (Å²) in [6, 6.07) is 12.5. The third-order valence-electron chi connectivity index (χ3n) is 8.40. The zero-order valence-corrected chi connectivity index (χ0v) is 30.8. The van der Waals surface area contributed by atoms with Crippen molar-refractivity contribution in [2.75, 3.05) is 32.1 Å². The van der Waals surface area contributed by atoms with Crippen molar-refractivity contribution >= 4 is 38.2 Å². The second kappa shape index (κ2) is 18.1. The first-order chi connectivity index (χ1) is 21.1. The molecule has 45 heavy (non-hydrogen) atoms. The van der Waals surface area contributed by atoms with Crippen LogP contribution in [0.25, 0.3) is 0 Å². The molecule has 9 heteroatoms. The number of carboxylic acids is 1. The first-order valence-electron chi connectivity index (χ1n) is 16.3. The smallest absolute Gasteiger partial charge is 0.338 e. The highest BCUT2D eigenvalue weighted by Crippen LogP contribution is 2.40. The lowest BCUT2D eigenvalue weighted by molar-refractivity contribution is -0.199. The van der Waals surface area contributed by atoms with E-state index in [-0.39, 0.29) is 12.5 Å². The van der Waals surface area contributed by atoms with Gasteiger partial charge in [-0.05, 0) is 107 Å². The van der Waals surface area contributed by atoms with Gasteiger partial charge in [-0.15, -0.1) is 0 Å². The molecule has 0 spiro atoms. The quantitative estimate of drug-likeness (QED) is 0.117. The Morgan fingerprint density at radius 2 is 1.60 bits per heavy atom. The average Bonchev–Trinajstić information content (AvgIpc) is 2.95. The van der Waals surface area contributed by atoms with Crippen LogP contribution in [0.15, 0.2) is 36.4 Å². The van der Waals surface area contributed by atoms with Gasteiger partial charge >= 0.3 is 5.97 Å². The molecule has 7 nitrogen and oxygen atoms in total. The molecule has 1 radical (unpaired) electrons. The number of rotatable bonds is 19. The number of carbonyl (C=O) groups excluding carboxylic acids is 1. The molecule has 0 saturated carbocycles. The number of halogens is 1. The van der Waals surface area contributed by atoms with Crippen molar-refractivity contribution in [3.05, 3.63) is 63.7 Å². The van der Waals surface area contributed by atoms with Crippen LogP contribution in [-0.2, 0) is 25.2 Å². The molecule has 2 atom stereocenters. The van der Waals surface area contributed by atoms with Gasteiger partial charge in [-0.2, -0.15) is 0 Å². The summed E-state index contributed by atoms with van der Waals surface area (Å²) >= 11 is 6.23. The van der Waals surface area contributed by atoms with Crippen molar-refractivity contribution in [3.63, 3.8) is 0 Å².